The summed E-state index contributed by atoms with van der Waals surface area (Å²) >= 11 is 0. The highest BCUT2D eigenvalue weighted by Gasteiger charge is 2.42. The fraction of sp³-hybridized carbons (Fsp3) is 0.394. The van der Waals surface area contributed by atoms with Crippen molar-refractivity contribution >= 4 is 49.6 Å². The average Bonchev–Trinajstić information content (AvgIpc) is 3.77. The van der Waals surface area contributed by atoms with Gasteiger partial charge in [0.25, 0.3) is 6.26 Å². The van der Waals surface area contributed by atoms with Crippen LogP contribution < -0.4 is 26.9 Å². The second-order valence-electron chi connectivity index (χ2n) is 12.7. The van der Waals surface area contributed by atoms with Gasteiger partial charge in [0.05, 0.1) is 16.8 Å². The molecule has 4 aliphatic heterocycles. The van der Waals surface area contributed by atoms with E-state index in [9.17, 15) is 15.1 Å². The fourth-order valence-electron chi connectivity index (χ4n) is 5.69. The van der Waals surface area contributed by atoms with Crippen LogP contribution in [0.2, 0.25) is 0 Å². The van der Waals surface area contributed by atoms with Gasteiger partial charge in [0.2, 0.25) is 0 Å². The number of fused-ring (bicyclic) bond motifs is 3. The summed E-state index contributed by atoms with van der Waals surface area (Å²) in [5.41, 5.74) is 10.4. The van der Waals surface area contributed by atoms with Crippen molar-refractivity contribution in [3.8, 4) is 12.0 Å². The van der Waals surface area contributed by atoms with E-state index < -0.39 is 32.6 Å². The lowest BCUT2D eigenvalue weighted by molar-refractivity contribution is -0.191. The Morgan fingerprint density at radius 2 is 1.15 bits per heavy atom. The van der Waals surface area contributed by atoms with Crippen molar-refractivity contribution < 1.29 is 48.1 Å². The summed E-state index contributed by atoms with van der Waals surface area (Å²) in [6, 6.07) is 18.3. The molecule has 3 aromatic rings. The van der Waals surface area contributed by atoms with Crippen LogP contribution in [-0.2, 0) is 45.1 Å². The molecule has 0 aromatic heterocycles. The van der Waals surface area contributed by atoms with Crippen LogP contribution in [-0.4, -0.2) is 55.8 Å². The first-order valence-corrected chi connectivity index (χ1v) is 15.4. The standard InChI is InChI=1S/C10H10BNO3.C9H12BNO2.C9H11BO2.C4H8O.CO2/c1-10(2)8-5-7(14-6-12)3-4-9(8)11(13)15-10;1-9(2)7-5-6(11)3-4-8(7)10(12)13-9;1-9(2)7-5-3-4-6-8(7)10(11)12-9;1-2-4-5-3-1;2-1-3/h3-5,13H,1-2H3;3-5,12H,11H2,1-2H3;3-6,11H,1-2H3;1-4H2;. The molecule has 0 atom stereocenters. The van der Waals surface area contributed by atoms with E-state index in [-0.39, 0.29) is 11.8 Å². The summed E-state index contributed by atoms with van der Waals surface area (Å²) in [5.74, 6) is 0.460. The molecule has 1 saturated heterocycles. The van der Waals surface area contributed by atoms with Crippen molar-refractivity contribution in [2.24, 2.45) is 0 Å². The van der Waals surface area contributed by atoms with Crippen molar-refractivity contribution in [1.29, 1.82) is 5.26 Å². The first-order chi connectivity index (χ1) is 22.6. The quantitative estimate of drug-likeness (QED) is 0.168. The lowest BCUT2D eigenvalue weighted by Crippen LogP contribution is -2.28. The number of nitrogens with two attached hydrogens (primary N) is 1. The molecular weight excluding hydrogens is 617 g/mol. The minimum Gasteiger partial charge on any atom is -0.423 e. The van der Waals surface area contributed by atoms with Gasteiger partial charge in [-0.05, 0) is 112 Å². The van der Waals surface area contributed by atoms with E-state index in [0.29, 0.717) is 11.4 Å². The third-order valence-electron chi connectivity index (χ3n) is 8.02. The summed E-state index contributed by atoms with van der Waals surface area (Å²) in [5, 5.41) is 37.0. The minimum atomic E-state index is -0.897. The van der Waals surface area contributed by atoms with Gasteiger partial charge in [-0.25, -0.2) is 0 Å². The number of benzene rings is 3. The number of anilines is 1. The number of carbonyl (C=O) groups excluding carboxylic acids is 2. The molecule has 252 valence electrons. The monoisotopic (exact) mass is 658 g/mol. The van der Waals surface area contributed by atoms with Gasteiger partial charge in [-0.2, -0.15) is 9.59 Å². The third kappa shape index (κ3) is 9.57. The Morgan fingerprint density at radius 1 is 0.708 bits per heavy atom. The zero-order valence-electron chi connectivity index (χ0n) is 28.1. The average molecular weight is 658 g/mol. The van der Waals surface area contributed by atoms with Crippen LogP contribution in [0.25, 0.3) is 0 Å². The predicted molar refractivity (Wildman–Crippen MR) is 180 cm³/mol. The molecule has 0 unspecified atom stereocenters. The molecule has 0 saturated carbocycles. The minimum absolute atomic E-state index is 0.250. The number of nitriles is 1. The van der Waals surface area contributed by atoms with Crippen LogP contribution in [0.3, 0.4) is 0 Å². The molecule has 0 radical (unpaired) electrons. The van der Waals surface area contributed by atoms with E-state index >= 15 is 0 Å². The molecule has 15 heteroatoms. The lowest BCUT2D eigenvalue weighted by Gasteiger charge is -2.19. The first-order valence-electron chi connectivity index (χ1n) is 15.4. The van der Waals surface area contributed by atoms with Gasteiger partial charge in [0, 0.05) is 18.9 Å². The van der Waals surface area contributed by atoms with Crippen LogP contribution >= 0.6 is 0 Å². The van der Waals surface area contributed by atoms with Crippen molar-refractivity contribution in [2.75, 3.05) is 18.9 Å². The van der Waals surface area contributed by atoms with Gasteiger partial charge in [-0.3, -0.25) is 0 Å². The second kappa shape index (κ2) is 16.4. The fourth-order valence-corrected chi connectivity index (χ4v) is 5.69. The normalized spacial score (nSPS) is 18.0. The van der Waals surface area contributed by atoms with Crippen LogP contribution in [0, 0.1) is 11.5 Å². The number of hydrogen-bond acceptors (Lipinski definition) is 12. The first kappa shape index (κ1) is 38.5. The number of nitrogens with zero attached hydrogens (tertiary/aromatic N) is 1. The summed E-state index contributed by atoms with van der Waals surface area (Å²) in [4.78, 5) is 16.2. The molecule has 1 fully saturated rings. The zero-order chi connectivity index (χ0) is 35.7. The number of nitrogen functional groups attached to an aromatic ring is 1. The SMILES string of the molecule is C1CCOC1.CC1(C)OB(O)c2ccc(N)cc21.CC1(C)OB(O)c2ccc(OC#N)cc21.CC1(C)OB(O)c2ccccc21.O=C=O. The summed E-state index contributed by atoms with van der Waals surface area (Å²) in [6.45, 7) is 13.5. The molecule has 4 heterocycles. The maximum atomic E-state index is 9.61. The van der Waals surface area contributed by atoms with Gasteiger partial charge in [-0.1, -0.05) is 36.4 Å². The van der Waals surface area contributed by atoms with E-state index in [2.05, 4.69) is 0 Å². The Bertz CT molecular complexity index is 1610. The molecule has 7 rings (SSSR count). The van der Waals surface area contributed by atoms with E-state index in [1.165, 1.54) is 12.8 Å². The third-order valence-corrected chi connectivity index (χ3v) is 8.02. The highest BCUT2D eigenvalue weighted by molar-refractivity contribution is 6.62. The predicted octanol–water partition coefficient (Wildman–Crippen LogP) is 1.57. The molecule has 48 heavy (non-hydrogen) atoms. The van der Waals surface area contributed by atoms with Gasteiger partial charge in [-0.15, -0.1) is 5.26 Å². The van der Waals surface area contributed by atoms with Crippen LogP contribution in [0.1, 0.15) is 71.1 Å². The van der Waals surface area contributed by atoms with Crippen molar-refractivity contribution in [1.82, 2.24) is 0 Å². The summed E-state index contributed by atoms with van der Waals surface area (Å²) in [6.07, 6.45) is 4.42. The highest BCUT2D eigenvalue weighted by atomic mass is 16.6. The van der Waals surface area contributed by atoms with Crippen molar-refractivity contribution in [3.63, 3.8) is 0 Å². The maximum Gasteiger partial charge on any atom is 0.492 e. The maximum absolute atomic E-state index is 9.61. The van der Waals surface area contributed by atoms with E-state index in [0.717, 1.165) is 46.3 Å². The number of rotatable bonds is 1. The van der Waals surface area contributed by atoms with E-state index in [4.69, 9.17) is 44.0 Å². The van der Waals surface area contributed by atoms with Crippen LogP contribution in [0.5, 0.6) is 5.75 Å². The molecule has 4 aliphatic rings. The molecule has 3 aromatic carbocycles. The smallest absolute Gasteiger partial charge is 0.423 e. The Morgan fingerprint density at radius 3 is 1.60 bits per heavy atom. The Hall–Kier alpha value is -3.96. The number of ether oxygens (including phenoxy) is 2. The number of hydrogen-bond donors (Lipinski definition) is 4. The summed E-state index contributed by atoms with van der Waals surface area (Å²) in [7, 11) is -2.46. The molecule has 0 aliphatic carbocycles. The molecule has 5 N–H and O–H groups in total. The van der Waals surface area contributed by atoms with Crippen LogP contribution in [0.4, 0.5) is 5.69 Å². The molecule has 0 amide bonds. The largest absolute Gasteiger partial charge is 0.492 e. The zero-order valence-corrected chi connectivity index (χ0v) is 28.1. The Kier molecular flexibility index (Phi) is 13.2. The highest BCUT2D eigenvalue weighted by Crippen LogP contribution is 2.32. The molecular formula is C33H41B3N2O10. The Balaban J connectivity index is 0.000000176. The van der Waals surface area contributed by atoms with E-state index in [1.807, 2.05) is 77.9 Å². The van der Waals surface area contributed by atoms with Crippen LogP contribution in [0.15, 0.2) is 60.7 Å². The van der Waals surface area contributed by atoms with Gasteiger partial charge in [0.15, 0.2) is 0 Å². The molecule has 0 bridgehead atoms. The van der Waals surface area contributed by atoms with E-state index in [1.54, 1.807) is 30.5 Å². The van der Waals surface area contributed by atoms with Crippen molar-refractivity contribution in [3.05, 3.63) is 77.4 Å². The molecule has 12 nitrogen and oxygen atoms in total. The second-order valence-corrected chi connectivity index (χ2v) is 12.7. The van der Waals surface area contributed by atoms with Gasteiger partial charge >= 0.3 is 27.5 Å². The lowest BCUT2D eigenvalue weighted by atomic mass is 9.78. The van der Waals surface area contributed by atoms with Crippen molar-refractivity contribution in [2.45, 2.75) is 71.2 Å². The Labute approximate surface area is 282 Å². The molecule has 0 spiro atoms. The van der Waals surface area contributed by atoms with Gasteiger partial charge < -0.3 is 44.2 Å². The summed E-state index contributed by atoms with van der Waals surface area (Å²) < 4.78 is 25.8. The topological polar surface area (TPSA) is 191 Å². The van der Waals surface area contributed by atoms with Gasteiger partial charge in [0.1, 0.15) is 5.75 Å².